The number of aliphatic hydroxyl groups is 13. The number of hydrogen-bond acceptors (Lipinski definition) is 22. The lowest BCUT2D eigenvalue weighted by Crippen LogP contribution is -2.66. The van der Waals surface area contributed by atoms with Crippen LogP contribution in [0.3, 0.4) is 0 Å². The maximum atomic E-state index is 15.1. The van der Waals surface area contributed by atoms with Gasteiger partial charge in [0.05, 0.1) is 37.9 Å². The van der Waals surface area contributed by atoms with Crippen molar-refractivity contribution in [2.24, 2.45) is 50.2 Å². The number of carbonyl (C=O) groups excluding carboxylic acids is 1. The molecule has 5 aliphatic carbocycles. The molecule has 9 rings (SSSR count). The number of carbonyl (C=O) groups is 1. The zero-order valence-corrected chi connectivity index (χ0v) is 44.2. The summed E-state index contributed by atoms with van der Waals surface area (Å²) in [6, 6.07) is 0. The summed E-state index contributed by atoms with van der Waals surface area (Å²) < 4.78 is 47.6. The second-order valence-electron chi connectivity index (χ2n) is 25.9. The van der Waals surface area contributed by atoms with Crippen LogP contribution in [-0.4, -0.2) is 222 Å². The summed E-state index contributed by atoms with van der Waals surface area (Å²) in [4.78, 5) is 15.1. The van der Waals surface area contributed by atoms with Crippen molar-refractivity contribution in [1.82, 2.24) is 0 Å². The first-order chi connectivity index (χ1) is 35.1. The van der Waals surface area contributed by atoms with Gasteiger partial charge in [0.25, 0.3) is 0 Å². The van der Waals surface area contributed by atoms with Gasteiger partial charge in [-0.1, -0.05) is 60.1 Å². The fraction of sp³-hybridized carbons (Fsp3) is 0.943. The zero-order chi connectivity index (χ0) is 54.7. The van der Waals surface area contributed by atoms with Gasteiger partial charge in [-0.25, -0.2) is 0 Å². The average molecular weight is 1080 g/mol. The smallest absolute Gasteiger partial charge is 0.315 e. The Kier molecular flexibility index (Phi) is 16.3. The first-order valence-corrected chi connectivity index (χ1v) is 27.2. The summed E-state index contributed by atoms with van der Waals surface area (Å²) in [5.41, 5.74) is -1.01. The van der Waals surface area contributed by atoms with Crippen molar-refractivity contribution in [1.29, 1.82) is 0 Å². The first-order valence-electron chi connectivity index (χ1n) is 27.2. The third kappa shape index (κ3) is 9.60. The van der Waals surface area contributed by atoms with Crippen molar-refractivity contribution >= 4 is 5.97 Å². The van der Waals surface area contributed by atoms with E-state index in [1.54, 1.807) is 0 Å². The maximum absolute atomic E-state index is 15.1. The van der Waals surface area contributed by atoms with Crippen LogP contribution in [0.15, 0.2) is 11.6 Å². The highest BCUT2D eigenvalue weighted by molar-refractivity contribution is 5.79. The molecule has 0 aromatic rings. The summed E-state index contributed by atoms with van der Waals surface area (Å²) in [7, 11) is 0. The largest absolute Gasteiger partial charge is 0.432 e. The van der Waals surface area contributed by atoms with E-state index >= 15 is 4.79 Å². The van der Waals surface area contributed by atoms with Gasteiger partial charge in [-0.05, 0) is 109 Å². The lowest BCUT2D eigenvalue weighted by Gasteiger charge is -2.71. The van der Waals surface area contributed by atoms with E-state index in [9.17, 15) is 66.4 Å². The van der Waals surface area contributed by atoms with Crippen LogP contribution < -0.4 is 0 Å². The number of aliphatic hydroxyl groups excluding tert-OH is 13. The second kappa shape index (κ2) is 21.1. The molecular formula is C53H86O22. The molecule has 4 aliphatic heterocycles. The summed E-state index contributed by atoms with van der Waals surface area (Å²) in [6.45, 7) is 13.8. The predicted molar refractivity (Wildman–Crippen MR) is 257 cm³/mol. The van der Waals surface area contributed by atoms with Crippen molar-refractivity contribution in [3.63, 3.8) is 0 Å². The molecule has 4 saturated heterocycles. The third-order valence-electron chi connectivity index (χ3n) is 21.0. The van der Waals surface area contributed by atoms with E-state index in [1.807, 2.05) is 0 Å². The summed E-state index contributed by atoms with van der Waals surface area (Å²) in [5.74, 6) is -0.391. The van der Waals surface area contributed by atoms with Gasteiger partial charge in [-0.2, -0.15) is 0 Å². The van der Waals surface area contributed by atoms with Gasteiger partial charge in [0.15, 0.2) is 18.9 Å². The quantitative estimate of drug-likeness (QED) is 0.0643. The highest BCUT2D eigenvalue weighted by Gasteiger charge is 2.70. The monoisotopic (exact) mass is 1070 g/mol. The van der Waals surface area contributed by atoms with Gasteiger partial charge >= 0.3 is 5.97 Å². The summed E-state index contributed by atoms with van der Waals surface area (Å²) >= 11 is 0. The van der Waals surface area contributed by atoms with Crippen molar-refractivity contribution in [3.8, 4) is 0 Å². The highest BCUT2D eigenvalue weighted by atomic mass is 16.8. The highest BCUT2D eigenvalue weighted by Crippen LogP contribution is 2.76. The molecule has 0 amide bonds. The standard InChI is InChI=1S/C53H86O22/c1-48(2)14-16-53(47(67)75-45-41(66)38(63)35(60)28(72-45)22-69-43-39(64)36(61)33(58)26(19-54)70-43)17-15-51(6)23(24(53)18-48)8-9-30-50(5)12-11-31(49(3,4)29(50)10-13-52(30,51)7)73-46-42(32(57)25(56)21-68-46)74-44-40(65)37(62)34(59)27(20-55)71-44/h8,24-46,54-66H,9-22H2,1-7H3/t24-,25-,26+,27+,28+,29-,30+,31-,32-,33+,34+,35+,36-,37-,38-,39+,40+,41+,42+,43+,44-,45-,46-,50-,51+,52+,53-/m0/s1. The van der Waals surface area contributed by atoms with Crippen molar-refractivity contribution in [2.45, 2.75) is 235 Å². The number of rotatable bonds is 11. The molecule has 27 atom stereocenters. The SMILES string of the molecule is CC1(C)CC[C@]2(C(=O)O[C@@H]3O[C@H](CO[C@@H]4O[C@H](CO)[C@@H](O)[C@H](O)[C@H]4O)[C@@H](O)[C@H](O)[C@H]3O)CC[C@]3(C)C(=CC[C@@H]4[C@@]5(C)CC[C@H](O[C@@H]6OC[C@H](O)[C@H](O)[C@H]6O[C@@H]6O[C@H](CO)[C@@H](O)[C@H](O)[C@H]6O)C(C)(C)[C@@H]5CC[C@]43C)[C@@H]2C1. The molecule has 0 spiro atoms. The Balaban J connectivity index is 0.920. The van der Waals surface area contributed by atoms with Gasteiger partial charge in [0.2, 0.25) is 6.29 Å². The van der Waals surface area contributed by atoms with Crippen molar-refractivity contribution in [3.05, 3.63) is 11.6 Å². The van der Waals surface area contributed by atoms with Crippen molar-refractivity contribution < 1.29 is 109 Å². The van der Waals surface area contributed by atoms with Gasteiger partial charge in [-0.15, -0.1) is 0 Å². The minimum Gasteiger partial charge on any atom is -0.432 e. The van der Waals surface area contributed by atoms with E-state index < -0.39 is 159 Å². The van der Waals surface area contributed by atoms with Crippen LogP contribution in [0.4, 0.5) is 0 Å². The molecule has 22 heteroatoms. The Morgan fingerprint density at radius 3 is 1.81 bits per heavy atom. The van der Waals surface area contributed by atoms with E-state index in [4.69, 9.17) is 37.9 Å². The third-order valence-corrected chi connectivity index (χ3v) is 21.0. The molecule has 4 heterocycles. The first kappa shape index (κ1) is 58.1. The number of allylic oxidation sites excluding steroid dienone is 2. The molecule has 22 nitrogen and oxygen atoms in total. The van der Waals surface area contributed by atoms with Crippen LogP contribution in [-0.2, 0) is 42.7 Å². The van der Waals surface area contributed by atoms with E-state index in [2.05, 4.69) is 54.5 Å². The molecule has 0 aromatic heterocycles. The molecule has 8 fully saturated rings. The molecular weight excluding hydrogens is 989 g/mol. The summed E-state index contributed by atoms with van der Waals surface area (Å²) in [5, 5.41) is 137. The van der Waals surface area contributed by atoms with Crippen LogP contribution in [0.1, 0.15) is 113 Å². The molecule has 0 aromatic carbocycles. The van der Waals surface area contributed by atoms with Crippen LogP contribution >= 0.6 is 0 Å². The number of esters is 1. The Hall–Kier alpha value is -1.59. The van der Waals surface area contributed by atoms with Gasteiger partial charge in [0.1, 0.15) is 91.6 Å². The molecule has 0 radical (unpaired) electrons. The van der Waals surface area contributed by atoms with Crippen molar-refractivity contribution in [2.75, 3.05) is 26.4 Å². The van der Waals surface area contributed by atoms with Gasteiger partial charge < -0.3 is 104 Å². The Morgan fingerprint density at radius 1 is 0.600 bits per heavy atom. The molecule has 75 heavy (non-hydrogen) atoms. The molecule has 0 bridgehead atoms. The van der Waals surface area contributed by atoms with E-state index in [0.717, 1.165) is 32.1 Å². The maximum Gasteiger partial charge on any atom is 0.315 e. The van der Waals surface area contributed by atoms with E-state index in [0.29, 0.717) is 32.1 Å². The lowest BCUT2D eigenvalue weighted by atomic mass is 9.33. The van der Waals surface area contributed by atoms with Crippen LogP contribution in [0.2, 0.25) is 0 Å². The van der Waals surface area contributed by atoms with Crippen LogP contribution in [0, 0.1) is 50.2 Å². The molecule has 4 saturated carbocycles. The molecule has 13 N–H and O–H groups in total. The Morgan fingerprint density at radius 2 is 1.17 bits per heavy atom. The fourth-order valence-electron chi connectivity index (χ4n) is 16.1. The van der Waals surface area contributed by atoms with Gasteiger partial charge in [-0.3, -0.25) is 4.79 Å². The van der Waals surface area contributed by atoms with Crippen LogP contribution in [0.5, 0.6) is 0 Å². The topological polar surface area (TPSA) is 354 Å². The van der Waals surface area contributed by atoms with Gasteiger partial charge in [0, 0.05) is 0 Å². The Bertz CT molecular complexity index is 2060. The lowest BCUT2D eigenvalue weighted by molar-refractivity contribution is -0.367. The number of fused-ring (bicyclic) bond motifs is 7. The molecule has 0 unspecified atom stereocenters. The fourth-order valence-corrected chi connectivity index (χ4v) is 16.1. The minimum atomic E-state index is -1.83. The predicted octanol–water partition coefficient (Wildman–Crippen LogP) is -1.40. The Labute approximate surface area is 437 Å². The van der Waals surface area contributed by atoms with Crippen LogP contribution in [0.25, 0.3) is 0 Å². The molecule has 9 aliphatic rings. The molecule has 430 valence electrons. The normalized spacial score (nSPS) is 53.5. The van der Waals surface area contributed by atoms with E-state index in [-0.39, 0.29) is 46.0 Å². The zero-order valence-electron chi connectivity index (χ0n) is 44.2. The summed E-state index contributed by atoms with van der Waals surface area (Å²) in [6.07, 6.45) is -20.8. The number of ether oxygens (including phenoxy) is 8. The average Bonchev–Trinajstić information content (AvgIpc) is 3.36. The van der Waals surface area contributed by atoms with E-state index in [1.165, 1.54) is 5.57 Å². The number of hydrogen-bond donors (Lipinski definition) is 13. The minimum absolute atomic E-state index is 0.125. The second-order valence-corrected chi connectivity index (χ2v) is 25.9.